The maximum atomic E-state index is 2.52. The summed E-state index contributed by atoms with van der Waals surface area (Å²) in [6.07, 6.45) is 4.88. The van der Waals surface area contributed by atoms with Crippen molar-refractivity contribution >= 4 is 42.4 Å². The average Bonchev–Trinajstić information content (AvgIpc) is 3.01. The summed E-state index contributed by atoms with van der Waals surface area (Å²) in [6, 6.07) is 52.0. The Morgan fingerprint density at radius 3 is 1.50 bits per heavy atom. The van der Waals surface area contributed by atoms with Gasteiger partial charge in [0.2, 0.25) is 0 Å². The van der Waals surface area contributed by atoms with Gasteiger partial charge in [-0.15, -0.1) is 0 Å². The fourth-order valence-electron chi connectivity index (χ4n) is 6.33. The van der Waals surface area contributed by atoms with Crippen molar-refractivity contribution in [1.29, 1.82) is 0 Å². The van der Waals surface area contributed by atoms with Crippen molar-refractivity contribution in [3.8, 4) is 0 Å². The minimum atomic E-state index is -0.694. The van der Waals surface area contributed by atoms with Crippen LogP contribution in [0.25, 0.3) is 0 Å². The fraction of sp³-hybridized carbons (Fsp3) is 0.158. The number of rotatable bonds is 7. The van der Waals surface area contributed by atoms with Crippen LogP contribution < -0.4 is 26.5 Å². The Bertz CT molecular complexity index is 1480. The van der Waals surface area contributed by atoms with E-state index in [1.54, 1.807) is 5.56 Å². The van der Waals surface area contributed by atoms with Crippen molar-refractivity contribution in [3.63, 3.8) is 0 Å². The lowest BCUT2D eigenvalue weighted by Gasteiger charge is -2.40. The summed E-state index contributed by atoms with van der Waals surface area (Å²) in [4.78, 5) is 0. The Balaban J connectivity index is 1.56. The van der Waals surface area contributed by atoms with Gasteiger partial charge in [-0.25, -0.2) is 0 Å². The predicted octanol–water partition coefficient (Wildman–Crippen LogP) is 8.08. The van der Waals surface area contributed by atoms with E-state index in [0.717, 1.165) is 6.42 Å². The van der Waals surface area contributed by atoms with E-state index in [1.165, 1.54) is 44.1 Å². The third-order valence-corrected chi connectivity index (χ3v) is 13.5. The van der Waals surface area contributed by atoms with Crippen molar-refractivity contribution < 1.29 is 0 Å². The van der Waals surface area contributed by atoms with E-state index in [0.29, 0.717) is 11.6 Å². The molecular weight excluding hydrogens is 518 g/mol. The molecule has 0 amide bonds. The molecule has 0 saturated heterocycles. The minimum Gasteiger partial charge on any atom is -0.0849 e. The topological polar surface area (TPSA) is 0 Å². The number of allylic oxidation sites excluding steroid dienone is 2. The molecule has 0 saturated carbocycles. The van der Waals surface area contributed by atoms with Gasteiger partial charge in [0.1, 0.15) is 0 Å². The van der Waals surface area contributed by atoms with Crippen molar-refractivity contribution in [3.05, 3.63) is 162 Å². The second-order valence-corrected chi connectivity index (χ2v) is 15.2. The highest BCUT2D eigenvalue weighted by atomic mass is 31.1. The Morgan fingerprint density at radius 2 is 1.00 bits per heavy atom. The molecule has 0 N–H and O–H groups in total. The molecule has 1 aliphatic carbocycles. The summed E-state index contributed by atoms with van der Waals surface area (Å²) in [6.45, 7) is 4.73. The van der Waals surface area contributed by atoms with Gasteiger partial charge in [0.15, 0.2) is 0 Å². The molecule has 1 aliphatic rings. The van der Waals surface area contributed by atoms with Crippen LogP contribution in [0.3, 0.4) is 0 Å². The lowest BCUT2D eigenvalue weighted by atomic mass is 9.81. The molecule has 0 aromatic heterocycles. The van der Waals surface area contributed by atoms with E-state index in [9.17, 15) is 0 Å². The van der Waals surface area contributed by atoms with E-state index in [1.807, 2.05) is 0 Å². The van der Waals surface area contributed by atoms with Gasteiger partial charge < -0.3 is 0 Å². The molecule has 0 bridgehead atoms. The molecule has 2 unspecified atom stereocenters. The van der Waals surface area contributed by atoms with E-state index >= 15 is 0 Å². The second-order valence-electron chi connectivity index (χ2n) is 10.6. The molecule has 40 heavy (non-hydrogen) atoms. The minimum absolute atomic E-state index is 0.383. The number of aryl methyl sites for hydroxylation is 1. The largest absolute Gasteiger partial charge is 0.0849 e. The highest BCUT2D eigenvalue weighted by Gasteiger charge is 2.38. The monoisotopic (exact) mass is 554 g/mol. The van der Waals surface area contributed by atoms with Crippen LogP contribution >= 0.6 is 15.8 Å². The summed E-state index contributed by atoms with van der Waals surface area (Å²) in [7, 11) is -1.24. The van der Waals surface area contributed by atoms with Gasteiger partial charge in [0.05, 0.1) is 0 Å². The average molecular weight is 555 g/mol. The van der Waals surface area contributed by atoms with E-state index in [4.69, 9.17) is 0 Å². The lowest BCUT2D eigenvalue weighted by molar-refractivity contribution is 0.635. The molecule has 2 heteroatoms. The van der Waals surface area contributed by atoms with E-state index < -0.39 is 15.8 Å². The van der Waals surface area contributed by atoms with Gasteiger partial charge in [-0.3, -0.25) is 0 Å². The lowest BCUT2D eigenvalue weighted by Crippen LogP contribution is -2.34. The van der Waals surface area contributed by atoms with E-state index in [-0.39, 0.29) is 0 Å². The zero-order valence-electron chi connectivity index (χ0n) is 23.3. The quantitative estimate of drug-likeness (QED) is 0.141. The van der Waals surface area contributed by atoms with Crippen LogP contribution in [-0.2, 0) is 0 Å². The first-order chi connectivity index (χ1) is 19.7. The zero-order chi connectivity index (χ0) is 27.3. The molecule has 0 radical (unpaired) electrons. The third kappa shape index (κ3) is 5.49. The van der Waals surface area contributed by atoms with Crippen LogP contribution in [0.2, 0.25) is 0 Å². The first kappa shape index (κ1) is 26.9. The summed E-state index contributed by atoms with van der Waals surface area (Å²) in [5, 5.41) is 7.30. The maximum absolute atomic E-state index is 2.52. The van der Waals surface area contributed by atoms with Gasteiger partial charge in [0, 0.05) is 5.92 Å². The fourth-order valence-corrected chi connectivity index (χ4v) is 12.1. The van der Waals surface area contributed by atoms with Gasteiger partial charge in [-0.05, 0) is 85.8 Å². The van der Waals surface area contributed by atoms with Gasteiger partial charge >= 0.3 is 0 Å². The summed E-state index contributed by atoms with van der Waals surface area (Å²) >= 11 is 0. The summed E-state index contributed by atoms with van der Waals surface area (Å²) in [5.74, 6) is 0.383. The van der Waals surface area contributed by atoms with Crippen molar-refractivity contribution in [1.82, 2.24) is 0 Å². The van der Waals surface area contributed by atoms with E-state index in [2.05, 4.69) is 159 Å². The Kier molecular flexibility index (Phi) is 8.39. The van der Waals surface area contributed by atoms with Crippen LogP contribution in [0, 0.1) is 6.92 Å². The number of hydrogen-bond donors (Lipinski definition) is 0. The molecule has 0 spiro atoms. The first-order valence-electron chi connectivity index (χ1n) is 14.3. The molecule has 0 fully saturated rings. The zero-order valence-corrected chi connectivity index (χ0v) is 25.1. The number of benzene rings is 5. The molecular formula is C38H36P2. The highest BCUT2D eigenvalue weighted by molar-refractivity contribution is 7.80. The molecule has 5 aromatic rings. The van der Waals surface area contributed by atoms with Gasteiger partial charge in [-0.2, -0.15) is 0 Å². The molecule has 6 rings (SSSR count). The molecule has 5 aromatic carbocycles. The smallest absolute Gasteiger partial charge is 0.0128 e. The van der Waals surface area contributed by atoms with Crippen LogP contribution in [0.15, 0.2) is 151 Å². The van der Waals surface area contributed by atoms with Crippen LogP contribution in [0.1, 0.15) is 36.8 Å². The molecule has 0 heterocycles. The first-order valence-corrected chi connectivity index (χ1v) is 17.0. The molecule has 0 aliphatic heterocycles. The predicted molar refractivity (Wildman–Crippen MR) is 178 cm³/mol. The standard InChI is InChI=1S/C38H36P2/c1-29-17-15-27-35(39(31-19-7-3-8-20-31)32-21-9-4-10-22-32)37(29)38-30(2)18-16-28-36(38)40(33-23-11-5-12-24-33)34-25-13-6-14-26-34/h3-15,17-27,36,38H,16,28H2,1-2H3. The Morgan fingerprint density at radius 1 is 0.525 bits per heavy atom. The Hall–Kier alpha value is -3.30. The SMILES string of the molecule is CC1=CCCC(P(c2ccccc2)c2ccccc2)C1c1c(C)cccc1P(c1ccccc1)c1ccccc1. The number of hydrogen-bond acceptors (Lipinski definition) is 0. The molecule has 0 nitrogen and oxygen atoms in total. The van der Waals surface area contributed by atoms with Gasteiger partial charge in [-0.1, -0.05) is 151 Å². The second kappa shape index (κ2) is 12.5. The van der Waals surface area contributed by atoms with Crippen LogP contribution in [0.4, 0.5) is 0 Å². The van der Waals surface area contributed by atoms with Crippen molar-refractivity contribution in [2.45, 2.75) is 38.3 Å². The van der Waals surface area contributed by atoms with Crippen LogP contribution in [-0.4, -0.2) is 5.66 Å². The van der Waals surface area contributed by atoms with Crippen LogP contribution in [0.5, 0.6) is 0 Å². The normalized spacial score (nSPS) is 17.1. The third-order valence-electron chi connectivity index (χ3n) is 8.09. The van der Waals surface area contributed by atoms with Crippen molar-refractivity contribution in [2.24, 2.45) is 0 Å². The molecule has 2 atom stereocenters. The summed E-state index contributed by atoms with van der Waals surface area (Å²) < 4.78 is 0. The van der Waals surface area contributed by atoms with Crippen molar-refractivity contribution in [2.75, 3.05) is 0 Å². The summed E-state index contributed by atoms with van der Waals surface area (Å²) in [5.41, 5.74) is 5.03. The van der Waals surface area contributed by atoms with Gasteiger partial charge in [0.25, 0.3) is 0 Å². The highest BCUT2D eigenvalue weighted by Crippen LogP contribution is 2.53. The maximum Gasteiger partial charge on any atom is 0.0128 e. The molecule has 198 valence electrons. The Labute approximate surface area is 242 Å².